The van der Waals surface area contributed by atoms with Gasteiger partial charge in [0.15, 0.2) is 0 Å². The van der Waals surface area contributed by atoms with Gasteiger partial charge in [-0.2, -0.15) is 55.3 Å². The predicted molar refractivity (Wildman–Crippen MR) is 223 cm³/mol. The minimum atomic E-state index is -4.89. The minimum Gasteiger partial charge on any atom is -0.309 e. The molecule has 0 amide bonds. The van der Waals surface area contributed by atoms with Crippen LogP contribution in [-0.2, 0) is 34.8 Å². The molecular formula is C51H33F9N4. The van der Waals surface area contributed by atoms with E-state index in [0.717, 1.165) is 18.2 Å². The SMILES string of the molecule is CC1(C)c2cc(-c3ccc(C#N)cc3C(F)(F)F)cc3c2N2c4c1cc(-c1ccc(C#N)cc1C(F)(F)F)cc4C(C)(C)c1cc(-c4ccc(C#N)cc4C(F)(F)F)cc(c12)C3(C)C. The van der Waals surface area contributed by atoms with Gasteiger partial charge in [-0.1, -0.05) is 59.7 Å². The van der Waals surface area contributed by atoms with Gasteiger partial charge in [-0.15, -0.1) is 0 Å². The van der Waals surface area contributed by atoms with E-state index in [1.807, 2.05) is 46.4 Å². The molecule has 0 radical (unpaired) electrons. The molecule has 6 aromatic rings. The highest BCUT2D eigenvalue weighted by molar-refractivity contribution is 6.01. The minimum absolute atomic E-state index is 0.140. The second-order valence-corrected chi connectivity index (χ2v) is 18.1. The van der Waals surface area contributed by atoms with Crippen LogP contribution < -0.4 is 4.90 Å². The van der Waals surface area contributed by atoms with Crippen molar-refractivity contribution in [1.29, 1.82) is 15.8 Å². The maximum absolute atomic E-state index is 14.9. The van der Waals surface area contributed by atoms with Crippen molar-refractivity contribution in [2.24, 2.45) is 0 Å². The Hall–Kier alpha value is -7.04. The van der Waals surface area contributed by atoms with Crippen molar-refractivity contribution in [2.45, 2.75) is 76.3 Å². The highest BCUT2D eigenvalue weighted by Crippen LogP contribution is 2.68. The van der Waals surface area contributed by atoms with Crippen molar-refractivity contribution in [3.63, 3.8) is 0 Å². The number of hydrogen-bond donors (Lipinski definition) is 0. The van der Waals surface area contributed by atoms with Gasteiger partial charge in [-0.25, -0.2) is 0 Å². The average Bonchev–Trinajstić information content (AvgIpc) is 3.23. The van der Waals surface area contributed by atoms with Crippen LogP contribution in [0.25, 0.3) is 33.4 Å². The molecule has 0 unspecified atom stereocenters. The van der Waals surface area contributed by atoms with Gasteiger partial charge in [0.2, 0.25) is 0 Å². The zero-order valence-electron chi connectivity index (χ0n) is 34.9. The van der Waals surface area contributed by atoms with Gasteiger partial charge in [-0.05, 0) is 140 Å². The third kappa shape index (κ3) is 5.95. The second kappa shape index (κ2) is 13.2. The summed E-state index contributed by atoms with van der Waals surface area (Å²) in [5.74, 6) is 0. The Labute approximate surface area is 362 Å². The first-order valence-corrected chi connectivity index (χ1v) is 20.0. The van der Waals surface area contributed by atoms with E-state index < -0.39 is 51.5 Å². The standard InChI is InChI=1S/C51H33F9N4/c1-46(2)37-16-28(31-10-7-25(22-61)13-34(31)49(52,53)54)18-39-43(37)64-44-38(46)17-29(32-11-8-26(23-62)14-35(32)50(55,56)57)19-40(44)48(5,6)42-21-30(20-41(45(42)64)47(39,3)4)33-12-9-27(24-63)15-36(33)51(58,59)60/h7-21H,1-6H3. The van der Waals surface area contributed by atoms with E-state index in [1.165, 1.54) is 36.4 Å². The number of rotatable bonds is 3. The molecule has 0 aromatic heterocycles. The number of halogens is 9. The molecule has 0 fully saturated rings. The number of benzene rings is 6. The van der Waals surface area contributed by atoms with Crippen LogP contribution in [0.15, 0.2) is 91.0 Å². The molecule has 0 saturated heterocycles. The van der Waals surface area contributed by atoms with Gasteiger partial charge in [0.1, 0.15) is 0 Å². The van der Waals surface area contributed by atoms with Crippen LogP contribution >= 0.6 is 0 Å². The lowest BCUT2D eigenvalue weighted by molar-refractivity contribution is -0.137. The molecule has 320 valence electrons. The van der Waals surface area contributed by atoms with E-state index in [4.69, 9.17) is 0 Å². The van der Waals surface area contributed by atoms with Crippen molar-refractivity contribution in [2.75, 3.05) is 4.90 Å². The number of anilines is 3. The Morgan fingerprint density at radius 1 is 0.375 bits per heavy atom. The zero-order valence-corrected chi connectivity index (χ0v) is 34.9. The van der Waals surface area contributed by atoms with Gasteiger partial charge in [0.25, 0.3) is 0 Å². The molecular weight excluding hydrogens is 840 g/mol. The summed E-state index contributed by atoms with van der Waals surface area (Å²) >= 11 is 0. The normalized spacial score (nSPS) is 16.0. The molecule has 64 heavy (non-hydrogen) atoms. The first-order valence-electron chi connectivity index (χ1n) is 20.0. The molecule has 13 heteroatoms. The van der Waals surface area contributed by atoms with E-state index in [9.17, 15) is 55.3 Å². The highest BCUT2D eigenvalue weighted by atomic mass is 19.4. The van der Waals surface area contributed by atoms with Crippen molar-refractivity contribution in [3.8, 4) is 51.6 Å². The Morgan fingerprint density at radius 3 is 0.781 bits per heavy atom. The molecule has 0 spiro atoms. The summed E-state index contributed by atoms with van der Waals surface area (Å²) in [6.07, 6.45) is -14.7. The average molecular weight is 873 g/mol. The van der Waals surface area contributed by atoms with E-state index in [2.05, 4.69) is 0 Å². The van der Waals surface area contributed by atoms with Crippen molar-refractivity contribution < 1.29 is 39.5 Å². The topological polar surface area (TPSA) is 74.6 Å². The molecule has 0 N–H and O–H groups in total. The Morgan fingerprint density at radius 2 is 0.594 bits per heavy atom. The lowest BCUT2D eigenvalue weighted by Gasteiger charge is -2.55. The van der Waals surface area contributed by atoms with E-state index in [1.54, 1.807) is 54.6 Å². The maximum atomic E-state index is 14.9. The summed E-state index contributed by atoms with van der Waals surface area (Å²) in [4.78, 5) is 1.97. The summed E-state index contributed by atoms with van der Waals surface area (Å²) in [5.41, 5.74) is -2.21. The number of alkyl halides is 9. The maximum Gasteiger partial charge on any atom is 0.417 e. The van der Waals surface area contributed by atoms with Gasteiger partial charge in [0.05, 0.1) is 68.7 Å². The lowest BCUT2D eigenvalue weighted by atomic mass is 9.59. The van der Waals surface area contributed by atoms with Gasteiger partial charge >= 0.3 is 18.5 Å². The largest absolute Gasteiger partial charge is 0.417 e. The van der Waals surface area contributed by atoms with E-state index in [0.29, 0.717) is 50.4 Å². The molecule has 0 bridgehead atoms. The molecule has 0 aliphatic carbocycles. The Bertz CT molecular complexity index is 2780. The molecule has 0 atom stereocenters. The third-order valence-corrected chi connectivity index (χ3v) is 13.3. The predicted octanol–water partition coefficient (Wildman–Crippen LogP) is 14.7. The number of nitrogens with zero attached hydrogens (tertiary/aromatic N) is 4. The monoisotopic (exact) mass is 872 g/mol. The summed E-state index contributed by atoms with van der Waals surface area (Å²) in [7, 11) is 0. The Kier molecular flexibility index (Phi) is 8.75. The van der Waals surface area contributed by atoms with Gasteiger partial charge < -0.3 is 4.90 Å². The van der Waals surface area contributed by atoms with Crippen molar-refractivity contribution >= 4 is 17.1 Å². The highest BCUT2D eigenvalue weighted by Gasteiger charge is 2.53. The fraction of sp³-hybridized carbons (Fsp3) is 0.235. The van der Waals surface area contributed by atoms with Crippen LogP contribution in [0.1, 0.15) is 108 Å². The smallest absolute Gasteiger partial charge is 0.309 e. The van der Waals surface area contributed by atoms with Gasteiger partial charge in [0, 0.05) is 16.2 Å². The van der Waals surface area contributed by atoms with E-state index >= 15 is 0 Å². The van der Waals surface area contributed by atoms with Crippen LogP contribution in [0.2, 0.25) is 0 Å². The molecule has 6 aromatic carbocycles. The lowest BCUT2D eigenvalue weighted by Crippen LogP contribution is -2.43. The summed E-state index contributed by atoms with van der Waals surface area (Å²) in [5, 5.41) is 28.7. The van der Waals surface area contributed by atoms with Crippen LogP contribution in [0.3, 0.4) is 0 Å². The van der Waals surface area contributed by atoms with Crippen LogP contribution in [0.5, 0.6) is 0 Å². The summed E-state index contributed by atoms with van der Waals surface area (Å²) in [6.45, 7) is 11.1. The van der Waals surface area contributed by atoms with Crippen LogP contribution in [0.4, 0.5) is 56.6 Å². The molecule has 0 saturated carbocycles. The fourth-order valence-corrected chi connectivity index (χ4v) is 10.0. The first kappa shape index (κ1) is 42.3. The quantitative estimate of drug-likeness (QED) is 0.166. The van der Waals surface area contributed by atoms with E-state index in [-0.39, 0.29) is 50.1 Å². The van der Waals surface area contributed by atoms with Crippen molar-refractivity contribution in [3.05, 3.63) is 158 Å². The molecule has 4 nitrogen and oxygen atoms in total. The molecule has 3 aliphatic heterocycles. The van der Waals surface area contributed by atoms with Gasteiger partial charge in [-0.3, -0.25) is 0 Å². The number of hydrogen-bond acceptors (Lipinski definition) is 4. The zero-order chi connectivity index (χ0) is 46.4. The fourth-order valence-electron chi connectivity index (χ4n) is 10.0. The Balaban J connectivity index is 1.44. The van der Waals surface area contributed by atoms with Crippen LogP contribution in [0, 0.1) is 34.0 Å². The second-order valence-electron chi connectivity index (χ2n) is 18.1. The van der Waals surface area contributed by atoms with Crippen LogP contribution in [-0.4, -0.2) is 0 Å². The third-order valence-electron chi connectivity index (χ3n) is 13.3. The first-order chi connectivity index (χ1) is 29.7. The van der Waals surface area contributed by atoms with Crippen molar-refractivity contribution in [1.82, 2.24) is 0 Å². The number of nitriles is 3. The summed E-state index contributed by atoms with van der Waals surface area (Å²) in [6, 6.07) is 25.1. The summed E-state index contributed by atoms with van der Waals surface area (Å²) < 4.78 is 134. The molecule has 9 rings (SSSR count). The molecule has 3 aliphatic rings. The molecule has 3 heterocycles.